The lowest BCUT2D eigenvalue weighted by molar-refractivity contribution is -0.127. The molecule has 3 amide bonds. The summed E-state index contributed by atoms with van der Waals surface area (Å²) in [5.74, 6) is -0.232. The summed E-state index contributed by atoms with van der Waals surface area (Å²) in [5, 5.41) is 7.52. The second kappa shape index (κ2) is 12.1. The minimum atomic E-state index is -1.05. The highest BCUT2D eigenvalue weighted by molar-refractivity contribution is 7.12. The second-order valence-electron chi connectivity index (χ2n) is 9.97. The molecule has 0 fully saturated rings. The monoisotopic (exact) mass is 537 g/mol. The van der Waals surface area contributed by atoms with Crippen LogP contribution >= 0.6 is 11.3 Å². The van der Waals surface area contributed by atoms with Crippen molar-refractivity contribution < 1.29 is 23.9 Å². The Morgan fingerprint density at radius 2 is 1.68 bits per heavy atom. The molecule has 0 radical (unpaired) electrons. The first-order valence-electron chi connectivity index (χ1n) is 12.2. The third-order valence-electron chi connectivity index (χ3n) is 5.77. The maximum Gasteiger partial charge on any atom is 0.261 e. The van der Waals surface area contributed by atoms with Crippen LogP contribution in [0.3, 0.4) is 0 Å². The number of aryl methyl sites for hydroxylation is 2. The summed E-state index contributed by atoms with van der Waals surface area (Å²) in [6.45, 7) is 9.14. The average Bonchev–Trinajstić information content (AvgIpc) is 3.41. The molecule has 0 saturated carbocycles. The third kappa shape index (κ3) is 6.92. The van der Waals surface area contributed by atoms with Crippen LogP contribution in [-0.2, 0) is 9.59 Å². The van der Waals surface area contributed by atoms with E-state index >= 15 is 0 Å². The van der Waals surface area contributed by atoms with Crippen LogP contribution in [0.1, 0.15) is 53.2 Å². The number of carbonyl (C=O) groups is 3. The fourth-order valence-corrected chi connectivity index (χ4v) is 4.65. The summed E-state index contributed by atoms with van der Waals surface area (Å²) >= 11 is 1.29. The molecule has 3 aromatic rings. The van der Waals surface area contributed by atoms with Crippen LogP contribution in [0.15, 0.2) is 53.9 Å². The molecule has 2 N–H and O–H groups in total. The van der Waals surface area contributed by atoms with Crippen LogP contribution in [0.25, 0.3) is 0 Å². The van der Waals surface area contributed by atoms with Gasteiger partial charge in [0.1, 0.15) is 6.04 Å². The molecule has 0 spiro atoms. The Balaban J connectivity index is 2.14. The van der Waals surface area contributed by atoms with Crippen molar-refractivity contribution in [3.8, 4) is 11.5 Å². The van der Waals surface area contributed by atoms with Crippen molar-refractivity contribution >= 4 is 34.7 Å². The molecule has 38 heavy (non-hydrogen) atoms. The quantitative estimate of drug-likeness (QED) is 0.409. The minimum absolute atomic E-state index is 0.295. The molecule has 1 heterocycles. The van der Waals surface area contributed by atoms with E-state index in [1.807, 2.05) is 52.8 Å². The highest BCUT2D eigenvalue weighted by Gasteiger charge is 2.36. The molecule has 0 bridgehead atoms. The molecule has 0 aliphatic carbocycles. The Labute approximate surface area is 228 Å². The van der Waals surface area contributed by atoms with Crippen LogP contribution in [-0.4, -0.2) is 44.0 Å². The van der Waals surface area contributed by atoms with Crippen molar-refractivity contribution in [2.24, 2.45) is 0 Å². The van der Waals surface area contributed by atoms with Gasteiger partial charge in [0, 0.05) is 11.2 Å². The van der Waals surface area contributed by atoms with E-state index in [9.17, 15) is 14.4 Å². The molecule has 1 atom stereocenters. The van der Waals surface area contributed by atoms with Crippen LogP contribution in [0, 0.1) is 13.8 Å². The number of hydrogen-bond acceptors (Lipinski definition) is 6. The lowest BCUT2D eigenvalue weighted by atomic mass is 9.98. The van der Waals surface area contributed by atoms with Gasteiger partial charge in [-0.3, -0.25) is 19.3 Å². The van der Waals surface area contributed by atoms with Gasteiger partial charge >= 0.3 is 0 Å². The van der Waals surface area contributed by atoms with Crippen LogP contribution < -0.4 is 25.0 Å². The molecular weight excluding hydrogens is 502 g/mol. The number of anilines is 1. The zero-order valence-corrected chi connectivity index (χ0v) is 23.7. The Morgan fingerprint density at radius 1 is 0.974 bits per heavy atom. The molecule has 8 nitrogen and oxygen atoms in total. The minimum Gasteiger partial charge on any atom is -0.493 e. The average molecular weight is 538 g/mol. The molecule has 202 valence electrons. The predicted octanol–water partition coefficient (Wildman–Crippen LogP) is 4.80. The number of thiophene rings is 1. The summed E-state index contributed by atoms with van der Waals surface area (Å²) in [7, 11) is 3.04. The van der Waals surface area contributed by atoms with Crippen molar-refractivity contribution in [1.29, 1.82) is 0 Å². The normalized spacial score (nSPS) is 11.9. The number of amides is 3. The maximum absolute atomic E-state index is 13.9. The molecule has 1 aromatic heterocycles. The van der Waals surface area contributed by atoms with Gasteiger partial charge in [0.25, 0.3) is 5.91 Å². The van der Waals surface area contributed by atoms with Crippen molar-refractivity contribution in [3.63, 3.8) is 0 Å². The Hall–Kier alpha value is -3.85. The van der Waals surface area contributed by atoms with E-state index in [1.54, 1.807) is 35.7 Å². The largest absolute Gasteiger partial charge is 0.493 e. The van der Waals surface area contributed by atoms with Crippen molar-refractivity contribution in [2.75, 3.05) is 25.7 Å². The summed E-state index contributed by atoms with van der Waals surface area (Å²) in [5.41, 5.74) is 2.28. The number of nitrogens with one attached hydrogen (secondary N) is 2. The van der Waals surface area contributed by atoms with Gasteiger partial charge in [0.05, 0.1) is 25.6 Å². The molecule has 0 aliphatic rings. The second-order valence-corrected chi connectivity index (χ2v) is 10.9. The third-order valence-corrected chi connectivity index (χ3v) is 6.63. The number of benzene rings is 2. The lowest BCUT2D eigenvalue weighted by Gasteiger charge is -2.35. The zero-order valence-electron chi connectivity index (χ0n) is 22.9. The molecule has 1 unspecified atom stereocenters. The van der Waals surface area contributed by atoms with Crippen molar-refractivity contribution in [2.45, 2.75) is 46.2 Å². The van der Waals surface area contributed by atoms with Gasteiger partial charge in [-0.15, -0.1) is 11.3 Å². The SMILES string of the molecule is COc1ccc(C(C(=O)NC(C)(C)C)N(C(=O)CNC(=O)c2cccs2)c2cc(C)ccc2C)cc1OC. The van der Waals surface area contributed by atoms with E-state index < -0.39 is 17.5 Å². The lowest BCUT2D eigenvalue weighted by Crippen LogP contribution is -2.51. The number of methoxy groups -OCH3 is 2. The summed E-state index contributed by atoms with van der Waals surface area (Å²) in [6.07, 6.45) is 0. The first-order valence-corrected chi connectivity index (χ1v) is 13.1. The van der Waals surface area contributed by atoms with Crippen molar-refractivity contribution in [3.05, 3.63) is 75.5 Å². The molecule has 2 aromatic carbocycles. The van der Waals surface area contributed by atoms with E-state index in [0.29, 0.717) is 27.6 Å². The standard InChI is InChI=1S/C29H35N3O5S/c1-18-10-11-19(2)21(15-18)32(25(33)17-30-27(34)24-9-8-14-38-24)26(28(35)31-29(3,4)5)20-12-13-22(36-6)23(16-20)37-7/h8-16,26H,17H2,1-7H3,(H,30,34)(H,31,35). The number of rotatable bonds is 9. The number of hydrogen-bond donors (Lipinski definition) is 2. The van der Waals surface area contributed by atoms with Crippen LogP contribution in [0.5, 0.6) is 11.5 Å². The first-order chi connectivity index (χ1) is 17.9. The van der Waals surface area contributed by atoms with Gasteiger partial charge in [-0.25, -0.2) is 0 Å². The molecule has 0 aliphatic heterocycles. The number of ether oxygens (including phenoxy) is 2. The Morgan fingerprint density at radius 3 is 2.29 bits per heavy atom. The van der Waals surface area contributed by atoms with E-state index in [-0.39, 0.29) is 18.4 Å². The summed E-state index contributed by atoms with van der Waals surface area (Å²) in [6, 6.07) is 13.3. The fourth-order valence-electron chi connectivity index (χ4n) is 4.01. The topological polar surface area (TPSA) is 97.0 Å². The number of nitrogens with zero attached hydrogens (tertiary/aromatic N) is 1. The highest BCUT2D eigenvalue weighted by Crippen LogP contribution is 2.36. The Bertz CT molecular complexity index is 1300. The van der Waals surface area contributed by atoms with Crippen LogP contribution in [0.2, 0.25) is 0 Å². The number of carbonyl (C=O) groups excluding carboxylic acids is 3. The smallest absolute Gasteiger partial charge is 0.261 e. The van der Waals surface area contributed by atoms with Crippen LogP contribution in [0.4, 0.5) is 5.69 Å². The van der Waals surface area contributed by atoms with E-state index in [4.69, 9.17) is 9.47 Å². The van der Waals surface area contributed by atoms with Gasteiger partial charge in [0.2, 0.25) is 11.8 Å². The van der Waals surface area contributed by atoms with Gasteiger partial charge in [-0.1, -0.05) is 24.3 Å². The highest BCUT2D eigenvalue weighted by atomic mass is 32.1. The van der Waals surface area contributed by atoms with Gasteiger partial charge in [-0.2, -0.15) is 0 Å². The fraction of sp³-hybridized carbons (Fsp3) is 0.345. The first kappa shape index (κ1) is 28.7. The van der Waals surface area contributed by atoms with Gasteiger partial charge < -0.3 is 20.1 Å². The molecular formula is C29H35N3O5S. The van der Waals surface area contributed by atoms with Gasteiger partial charge in [-0.05, 0) is 81.0 Å². The molecule has 0 saturated heterocycles. The van der Waals surface area contributed by atoms with E-state index in [1.165, 1.54) is 30.5 Å². The van der Waals surface area contributed by atoms with Gasteiger partial charge in [0.15, 0.2) is 11.5 Å². The zero-order chi connectivity index (χ0) is 28.0. The van der Waals surface area contributed by atoms with E-state index in [0.717, 1.165) is 11.1 Å². The molecule has 9 heteroatoms. The van der Waals surface area contributed by atoms with Crippen molar-refractivity contribution in [1.82, 2.24) is 10.6 Å². The Kier molecular flexibility index (Phi) is 9.17. The van der Waals surface area contributed by atoms with E-state index in [2.05, 4.69) is 10.6 Å². The maximum atomic E-state index is 13.9. The summed E-state index contributed by atoms with van der Waals surface area (Å²) < 4.78 is 10.9. The molecule has 3 rings (SSSR count). The summed E-state index contributed by atoms with van der Waals surface area (Å²) in [4.78, 5) is 42.4. The predicted molar refractivity (Wildman–Crippen MR) is 150 cm³/mol.